The molecule has 134 valence electrons. The summed E-state index contributed by atoms with van der Waals surface area (Å²) in [6, 6.07) is 6.99. The van der Waals surface area contributed by atoms with Crippen molar-refractivity contribution in [2.75, 3.05) is 13.1 Å². The van der Waals surface area contributed by atoms with Crippen molar-refractivity contribution < 1.29 is 14.6 Å². The zero-order valence-electron chi connectivity index (χ0n) is 14.4. The molecule has 3 rings (SSSR count). The number of halogens is 1. The Morgan fingerprint density at radius 3 is 2.56 bits per heavy atom. The van der Waals surface area contributed by atoms with Crippen molar-refractivity contribution >= 4 is 17.5 Å². The molecule has 25 heavy (non-hydrogen) atoms. The van der Waals surface area contributed by atoms with Gasteiger partial charge in [-0.15, -0.1) is 5.10 Å². The van der Waals surface area contributed by atoms with Crippen LogP contribution in [0.3, 0.4) is 0 Å². The number of likely N-dealkylation sites (tertiary alicyclic amines) is 1. The predicted molar refractivity (Wildman–Crippen MR) is 92.4 cm³/mol. The maximum absolute atomic E-state index is 12.7. The summed E-state index contributed by atoms with van der Waals surface area (Å²) in [5.74, 6) is 0.507. The summed E-state index contributed by atoms with van der Waals surface area (Å²) in [5, 5.41) is 18.1. The molecule has 1 N–H and O–H groups in total. The molecule has 0 bridgehead atoms. The lowest BCUT2D eigenvalue weighted by atomic mass is 10.0. The van der Waals surface area contributed by atoms with Gasteiger partial charge in [0.05, 0.1) is 18.3 Å². The Labute approximate surface area is 151 Å². The van der Waals surface area contributed by atoms with Gasteiger partial charge in [-0.3, -0.25) is 4.79 Å². The molecule has 0 unspecified atom stereocenters. The molecule has 8 heteroatoms. The van der Waals surface area contributed by atoms with Crippen molar-refractivity contribution in [3.63, 3.8) is 0 Å². The highest BCUT2D eigenvalue weighted by Crippen LogP contribution is 2.27. The minimum atomic E-state index is -0.980. The first-order valence-electron chi connectivity index (χ1n) is 8.10. The van der Waals surface area contributed by atoms with Crippen LogP contribution in [-0.2, 0) is 4.79 Å². The standard InChI is InChI=1S/C17H21ClN4O3/c1-11(23)15-10-22(20-19-15)13-8-21(9-13)16(24)17(2,3)25-14-6-4-12(18)5-7-14/h4-7,10-11,13,23H,8-9H2,1-3H3/t11-/m1/s1. The monoisotopic (exact) mass is 364 g/mol. The van der Waals surface area contributed by atoms with Crippen LogP contribution < -0.4 is 4.74 Å². The van der Waals surface area contributed by atoms with Crippen LogP contribution >= 0.6 is 11.6 Å². The van der Waals surface area contributed by atoms with Crippen LogP contribution in [0.1, 0.15) is 38.6 Å². The average Bonchev–Trinajstić information content (AvgIpc) is 2.97. The van der Waals surface area contributed by atoms with Crippen molar-refractivity contribution in [2.45, 2.75) is 38.5 Å². The van der Waals surface area contributed by atoms with E-state index in [9.17, 15) is 9.90 Å². The second kappa shape index (κ2) is 6.65. The minimum absolute atomic E-state index is 0.0651. The lowest BCUT2D eigenvalue weighted by Gasteiger charge is -2.42. The summed E-state index contributed by atoms with van der Waals surface area (Å²) in [6.07, 6.45) is 1.06. The largest absolute Gasteiger partial charge is 0.478 e. The maximum Gasteiger partial charge on any atom is 0.266 e. The Morgan fingerprint density at radius 2 is 2.00 bits per heavy atom. The number of carbonyl (C=O) groups is 1. The number of amides is 1. The second-order valence-electron chi connectivity index (χ2n) is 6.73. The SMILES string of the molecule is C[C@@H](O)c1cn(C2CN(C(=O)C(C)(C)Oc3ccc(Cl)cc3)C2)nn1. The number of ether oxygens (including phenoxy) is 1. The summed E-state index contributed by atoms with van der Waals surface area (Å²) >= 11 is 5.86. The van der Waals surface area contributed by atoms with E-state index in [0.29, 0.717) is 29.6 Å². The number of hydrogen-bond donors (Lipinski definition) is 1. The van der Waals surface area contributed by atoms with Gasteiger partial charge >= 0.3 is 0 Å². The van der Waals surface area contributed by atoms with Crippen LogP contribution in [0.2, 0.25) is 5.02 Å². The molecule has 1 saturated heterocycles. The molecule has 1 aliphatic rings. The molecule has 2 heterocycles. The Balaban J connectivity index is 1.59. The van der Waals surface area contributed by atoms with Gasteiger partial charge in [-0.05, 0) is 45.0 Å². The zero-order valence-corrected chi connectivity index (χ0v) is 15.1. The van der Waals surface area contributed by atoms with Gasteiger partial charge in [0.2, 0.25) is 0 Å². The van der Waals surface area contributed by atoms with E-state index >= 15 is 0 Å². The Bertz CT molecular complexity index is 752. The van der Waals surface area contributed by atoms with Crippen molar-refractivity contribution in [2.24, 2.45) is 0 Å². The fraction of sp³-hybridized carbons (Fsp3) is 0.471. The normalized spacial score (nSPS) is 16.4. The fourth-order valence-electron chi connectivity index (χ4n) is 2.67. The summed E-state index contributed by atoms with van der Waals surface area (Å²) in [4.78, 5) is 14.4. The average molecular weight is 365 g/mol. The van der Waals surface area contributed by atoms with Crippen LogP contribution in [0.4, 0.5) is 0 Å². The van der Waals surface area contributed by atoms with Crippen LogP contribution in [0, 0.1) is 0 Å². The van der Waals surface area contributed by atoms with Crippen LogP contribution in [0.5, 0.6) is 5.75 Å². The van der Waals surface area contributed by atoms with E-state index in [2.05, 4.69) is 10.3 Å². The van der Waals surface area contributed by atoms with E-state index in [1.54, 1.807) is 60.8 Å². The third-order valence-corrected chi connectivity index (χ3v) is 4.43. The molecule has 0 radical (unpaired) electrons. The first-order valence-corrected chi connectivity index (χ1v) is 8.48. The number of rotatable bonds is 5. The van der Waals surface area contributed by atoms with Gasteiger partial charge in [0, 0.05) is 18.1 Å². The number of benzene rings is 1. The van der Waals surface area contributed by atoms with Gasteiger partial charge in [0.25, 0.3) is 5.91 Å². The van der Waals surface area contributed by atoms with E-state index in [-0.39, 0.29) is 11.9 Å². The van der Waals surface area contributed by atoms with E-state index < -0.39 is 11.7 Å². The molecule has 1 aromatic carbocycles. The Hall–Kier alpha value is -2.12. The van der Waals surface area contributed by atoms with E-state index in [4.69, 9.17) is 16.3 Å². The highest BCUT2D eigenvalue weighted by Gasteiger charge is 2.41. The topological polar surface area (TPSA) is 80.5 Å². The smallest absolute Gasteiger partial charge is 0.266 e. The molecule has 0 aliphatic carbocycles. The first-order chi connectivity index (χ1) is 11.8. The van der Waals surface area contributed by atoms with Gasteiger partial charge in [-0.25, -0.2) is 4.68 Å². The lowest BCUT2D eigenvalue weighted by Crippen LogP contribution is -2.58. The Kier molecular flexibility index (Phi) is 4.71. The molecule has 1 atom stereocenters. The van der Waals surface area contributed by atoms with Crippen LogP contribution in [0.15, 0.2) is 30.5 Å². The summed E-state index contributed by atoms with van der Waals surface area (Å²) < 4.78 is 7.53. The molecule has 1 aromatic heterocycles. The van der Waals surface area contributed by atoms with Crippen LogP contribution in [0.25, 0.3) is 0 Å². The molecule has 2 aromatic rings. The highest BCUT2D eigenvalue weighted by molar-refractivity contribution is 6.30. The number of nitrogens with zero attached hydrogens (tertiary/aromatic N) is 4. The second-order valence-corrected chi connectivity index (χ2v) is 7.17. The van der Waals surface area contributed by atoms with Gasteiger partial charge in [-0.2, -0.15) is 0 Å². The minimum Gasteiger partial charge on any atom is -0.478 e. The van der Waals surface area contributed by atoms with Gasteiger partial charge in [0.15, 0.2) is 5.60 Å². The Morgan fingerprint density at radius 1 is 1.36 bits per heavy atom. The van der Waals surface area contributed by atoms with Gasteiger partial charge < -0.3 is 14.7 Å². The number of aliphatic hydroxyl groups is 1. The number of hydrogen-bond acceptors (Lipinski definition) is 5. The van der Waals surface area contributed by atoms with Crippen molar-refractivity contribution in [1.29, 1.82) is 0 Å². The summed E-state index contributed by atoms with van der Waals surface area (Å²) in [6.45, 7) is 6.21. The third-order valence-electron chi connectivity index (χ3n) is 4.18. The molecule has 1 amide bonds. The quantitative estimate of drug-likeness (QED) is 0.879. The van der Waals surface area contributed by atoms with Crippen molar-refractivity contribution in [3.8, 4) is 5.75 Å². The van der Waals surface area contributed by atoms with Crippen molar-refractivity contribution in [1.82, 2.24) is 19.9 Å². The fourth-order valence-corrected chi connectivity index (χ4v) is 2.80. The van der Waals surface area contributed by atoms with E-state index in [0.717, 1.165) is 0 Å². The van der Waals surface area contributed by atoms with Crippen molar-refractivity contribution in [3.05, 3.63) is 41.2 Å². The lowest BCUT2D eigenvalue weighted by molar-refractivity contribution is -0.151. The maximum atomic E-state index is 12.7. The van der Waals surface area contributed by atoms with Gasteiger partial charge in [-0.1, -0.05) is 16.8 Å². The summed E-state index contributed by atoms with van der Waals surface area (Å²) in [5.41, 5.74) is -0.456. The van der Waals surface area contributed by atoms with E-state index in [1.165, 1.54) is 0 Å². The zero-order chi connectivity index (χ0) is 18.2. The predicted octanol–water partition coefficient (Wildman–Crippen LogP) is 2.23. The van der Waals surface area contributed by atoms with Crippen LogP contribution in [-0.4, -0.2) is 49.6 Å². The molecule has 1 fully saturated rings. The van der Waals surface area contributed by atoms with Gasteiger partial charge in [0.1, 0.15) is 11.4 Å². The first kappa shape index (κ1) is 17.7. The molecule has 0 saturated carbocycles. The number of aromatic nitrogens is 3. The number of aliphatic hydroxyl groups excluding tert-OH is 1. The summed E-state index contributed by atoms with van der Waals surface area (Å²) in [7, 11) is 0. The third kappa shape index (κ3) is 3.77. The molecule has 1 aliphatic heterocycles. The highest BCUT2D eigenvalue weighted by atomic mass is 35.5. The van der Waals surface area contributed by atoms with E-state index in [1.807, 2.05) is 0 Å². The molecule has 0 spiro atoms. The number of carbonyl (C=O) groups excluding carboxylic acids is 1. The molecular formula is C17H21ClN4O3. The molecule has 7 nitrogen and oxygen atoms in total. The molecular weight excluding hydrogens is 344 g/mol.